The fraction of sp³-hybridized carbons (Fsp3) is 0.467. The van der Waals surface area contributed by atoms with Gasteiger partial charge in [0.05, 0.1) is 6.04 Å². The Hall–Kier alpha value is -1.84. The second-order valence-corrected chi connectivity index (χ2v) is 5.39. The van der Waals surface area contributed by atoms with E-state index in [0.29, 0.717) is 18.8 Å². The molecule has 100 valence electrons. The van der Waals surface area contributed by atoms with Crippen LogP contribution in [-0.2, 0) is 9.59 Å². The lowest BCUT2D eigenvalue weighted by molar-refractivity contribution is -0.126. The first-order valence-corrected chi connectivity index (χ1v) is 6.89. The van der Waals surface area contributed by atoms with Crippen molar-refractivity contribution in [2.24, 2.45) is 5.92 Å². The summed E-state index contributed by atoms with van der Waals surface area (Å²) in [5.41, 5.74) is 1.16. The lowest BCUT2D eigenvalue weighted by Gasteiger charge is -2.21. The molecule has 0 radical (unpaired) electrons. The van der Waals surface area contributed by atoms with Crippen LogP contribution < -0.4 is 10.6 Å². The van der Waals surface area contributed by atoms with Crippen molar-refractivity contribution in [2.75, 3.05) is 0 Å². The van der Waals surface area contributed by atoms with Crippen molar-refractivity contribution in [1.82, 2.24) is 10.6 Å². The summed E-state index contributed by atoms with van der Waals surface area (Å²) in [6.07, 6.45) is 3.39. The van der Waals surface area contributed by atoms with Gasteiger partial charge >= 0.3 is 0 Å². The van der Waals surface area contributed by atoms with Crippen molar-refractivity contribution in [3.63, 3.8) is 0 Å². The van der Waals surface area contributed by atoms with Gasteiger partial charge in [-0.3, -0.25) is 9.59 Å². The zero-order valence-corrected chi connectivity index (χ0v) is 10.8. The third-order valence-corrected chi connectivity index (χ3v) is 3.86. The van der Waals surface area contributed by atoms with E-state index in [4.69, 9.17) is 0 Å². The van der Waals surface area contributed by atoms with E-state index in [1.165, 1.54) is 0 Å². The summed E-state index contributed by atoms with van der Waals surface area (Å²) in [4.78, 5) is 23.3. The Bertz CT molecular complexity index is 482. The molecule has 1 saturated heterocycles. The van der Waals surface area contributed by atoms with Crippen molar-refractivity contribution in [1.29, 1.82) is 0 Å². The summed E-state index contributed by atoms with van der Waals surface area (Å²) < 4.78 is 0. The standard InChI is InChI=1S/C15H18N2O2/c18-13-9-8-12(16-13)15(19)17-14(11-6-7-11)10-4-2-1-3-5-10/h1-5,11-12,14H,6-9H2,(H,16,18)(H,17,19)/t12-,14-/m1/s1. The Morgan fingerprint density at radius 2 is 1.95 bits per heavy atom. The molecule has 1 aromatic rings. The molecule has 2 N–H and O–H groups in total. The largest absolute Gasteiger partial charge is 0.347 e. The molecule has 1 heterocycles. The molecule has 1 aliphatic heterocycles. The summed E-state index contributed by atoms with van der Waals surface area (Å²) in [5.74, 6) is 0.470. The van der Waals surface area contributed by atoms with Gasteiger partial charge in [-0.15, -0.1) is 0 Å². The molecule has 4 heteroatoms. The maximum atomic E-state index is 12.2. The van der Waals surface area contributed by atoms with Crippen LogP contribution in [0.4, 0.5) is 0 Å². The van der Waals surface area contributed by atoms with Crippen molar-refractivity contribution in [3.05, 3.63) is 35.9 Å². The molecule has 3 rings (SSSR count). The summed E-state index contributed by atoms with van der Waals surface area (Å²) in [6, 6.07) is 9.81. The number of rotatable bonds is 4. The minimum Gasteiger partial charge on any atom is -0.347 e. The van der Waals surface area contributed by atoms with Crippen LogP contribution >= 0.6 is 0 Å². The van der Waals surface area contributed by atoms with Crippen LogP contribution in [0.3, 0.4) is 0 Å². The molecule has 2 atom stereocenters. The van der Waals surface area contributed by atoms with Gasteiger partial charge in [0.25, 0.3) is 0 Å². The maximum Gasteiger partial charge on any atom is 0.243 e. The lowest BCUT2D eigenvalue weighted by Crippen LogP contribution is -2.43. The van der Waals surface area contributed by atoms with Crippen LogP contribution in [0.15, 0.2) is 30.3 Å². The molecule has 0 aromatic heterocycles. The van der Waals surface area contributed by atoms with Gasteiger partial charge in [0, 0.05) is 6.42 Å². The van der Waals surface area contributed by atoms with Crippen LogP contribution in [0.1, 0.15) is 37.3 Å². The molecule has 1 aromatic carbocycles. The quantitative estimate of drug-likeness (QED) is 0.860. The first kappa shape index (κ1) is 12.2. The average molecular weight is 258 g/mol. The Labute approximate surface area is 112 Å². The normalized spacial score (nSPS) is 23.8. The second-order valence-electron chi connectivity index (χ2n) is 5.39. The molecule has 2 amide bonds. The molecule has 2 aliphatic rings. The number of carbonyl (C=O) groups is 2. The molecule has 1 saturated carbocycles. The fourth-order valence-electron chi connectivity index (χ4n) is 2.63. The highest BCUT2D eigenvalue weighted by Crippen LogP contribution is 2.41. The van der Waals surface area contributed by atoms with Crippen LogP contribution in [0, 0.1) is 5.92 Å². The summed E-state index contributed by atoms with van der Waals surface area (Å²) >= 11 is 0. The Balaban J connectivity index is 1.68. The molecule has 0 bridgehead atoms. The van der Waals surface area contributed by atoms with Gasteiger partial charge in [-0.2, -0.15) is 0 Å². The van der Waals surface area contributed by atoms with E-state index in [9.17, 15) is 9.59 Å². The van der Waals surface area contributed by atoms with Crippen molar-refractivity contribution in [3.8, 4) is 0 Å². The molecule has 4 nitrogen and oxygen atoms in total. The number of nitrogens with one attached hydrogen (secondary N) is 2. The summed E-state index contributed by atoms with van der Waals surface area (Å²) in [7, 11) is 0. The predicted molar refractivity (Wildman–Crippen MR) is 71.2 cm³/mol. The van der Waals surface area contributed by atoms with Crippen LogP contribution in [0.25, 0.3) is 0 Å². The van der Waals surface area contributed by atoms with E-state index in [1.807, 2.05) is 18.2 Å². The molecule has 19 heavy (non-hydrogen) atoms. The molecule has 0 unspecified atom stereocenters. The monoisotopic (exact) mass is 258 g/mol. The topological polar surface area (TPSA) is 58.2 Å². The van der Waals surface area contributed by atoms with Crippen LogP contribution in [-0.4, -0.2) is 17.9 Å². The van der Waals surface area contributed by atoms with Gasteiger partial charge in [0.1, 0.15) is 6.04 Å². The van der Waals surface area contributed by atoms with Gasteiger partial charge in [-0.05, 0) is 30.7 Å². The highest BCUT2D eigenvalue weighted by molar-refractivity contribution is 5.91. The van der Waals surface area contributed by atoms with Gasteiger partial charge in [0.15, 0.2) is 0 Å². The zero-order valence-electron chi connectivity index (χ0n) is 10.8. The van der Waals surface area contributed by atoms with Gasteiger partial charge in [0.2, 0.25) is 11.8 Å². The maximum absolute atomic E-state index is 12.2. The van der Waals surface area contributed by atoms with Crippen molar-refractivity contribution in [2.45, 2.75) is 37.8 Å². The summed E-state index contributed by atoms with van der Waals surface area (Å²) in [6.45, 7) is 0. The second kappa shape index (κ2) is 5.03. The highest BCUT2D eigenvalue weighted by atomic mass is 16.2. The molecule has 2 fully saturated rings. The average Bonchev–Trinajstić information content (AvgIpc) is 3.18. The van der Waals surface area contributed by atoms with Gasteiger partial charge in [-0.1, -0.05) is 30.3 Å². The van der Waals surface area contributed by atoms with Crippen molar-refractivity contribution >= 4 is 11.8 Å². The first-order chi connectivity index (χ1) is 9.24. The first-order valence-electron chi connectivity index (χ1n) is 6.89. The Morgan fingerprint density at radius 3 is 2.53 bits per heavy atom. The van der Waals surface area contributed by atoms with Gasteiger partial charge in [-0.25, -0.2) is 0 Å². The fourth-order valence-corrected chi connectivity index (χ4v) is 2.63. The van der Waals surface area contributed by atoms with E-state index in [-0.39, 0.29) is 23.9 Å². The predicted octanol–water partition coefficient (Wildman–Crippen LogP) is 1.53. The minimum atomic E-state index is -0.350. The molecule has 1 aliphatic carbocycles. The van der Waals surface area contributed by atoms with E-state index in [0.717, 1.165) is 18.4 Å². The van der Waals surface area contributed by atoms with E-state index in [1.54, 1.807) is 0 Å². The number of amides is 2. The summed E-state index contributed by atoms with van der Waals surface area (Å²) in [5, 5.41) is 5.82. The number of hydrogen-bond acceptors (Lipinski definition) is 2. The minimum absolute atomic E-state index is 0.0252. The molecular formula is C15H18N2O2. The Morgan fingerprint density at radius 1 is 1.21 bits per heavy atom. The van der Waals surface area contributed by atoms with E-state index < -0.39 is 0 Å². The number of benzene rings is 1. The smallest absolute Gasteiger partial charge is 0.243 e. The van der Waals surface area contributed by atoms with E-state index >= 15 is 0 Å². The highest BCUT2D eigenvalue weighted by Gasteiger charge is 2.36. The zero-order chi connectivity index (χ0) is 13.2. The lowest BCUT2D eigenvalue weighted by atomic mass is 10.0. The number of hydrogen-bond donors (Lipinski definition) is 2. The third-order valence-electron chi connectivity index (χ3n) is 3.86. The molecular weight excluding hydrogens is 240 g/mol. The van der Waals surface area contributed by atoms with E-state index in [2.05, 4.69) is 22.8 Å². The SMILES string of the molecule is O=C1CC[C@H](C(=O)N[C@H](c2ccccc2)C2CC2)N1. The third kappa shape index (κ3) is 2.78. The van der Waals surface area contributed by atoms with Crippen LogP contribution in [0.2, 0.25) is 0 Å². The Kier molecular flexibility index (Phi) is 3.23. The van der Waals surface area contributed by atoms with Crippen LogP contribution in [0.5, 0.6) is 0 Å². The van der Waals surface area contributed by atoms with Gasteiger partial charge < -0.3 is 10.6 Å². The van der Waals surface area contributed by atoms with Crippen molar-refractivity contribution < 1.29 is 9.59 Å². The molecule has 0 spiro atoms. The number of carbonyl (C=O) groups excluding carboxylic acids is 2.